The summed E-state index contributed by atoms with van der Waals surface area (Å²) >= 11 is 12.5. The predicted octanol–water partition coefficient (Wildman–Crippen LogP) is 4.28. The number of rotatable bonds is 2. The van der Waals surface area contributed by atoms with E-state index in [1.807, 2.05) is 0 Å². The Morgan fingerprint density at radius 3 is 2.09 bits per heavy atom. The minimum atomic E-state index is -0.571. The van der Waals surface area contributed by atoms with Gasteiger partial charge in [0, 0.05) is 16.1 Å². The van der Waals surface area contributed by atoms with Crippen LogP contribution in [0.1, 0.15) is 5.69 Å². The predicted molar refractivity (Wildman–Crippen MR) is 90.5 cm³/mol. The second-order valence-electron chi connectivity index (χ2n) is 4.71. The lowest BCUT2D eigenvalue weighted by Gasteiger charge is -2.11. The van der Waals surface area contributed by atoms with E-state index in [9.17, 15) is 4.79 Å². The highest BCUT2D eigenvalue weighted by atomic mass is 35.5. The largest absolute Gasteiger partial charge is 0.318 e. The first-order valence-electron chi connectivity index (χ1n) is 6.66. The highest BCUT2D eigenvalue weighted by molar-refractivity contribution is 6.34. The molecule has 0 fully saturated rings. The molecule has 0 radical (unpaired) electrons. The maximum Gasteiger partial charge on any atom is 0.285 e. The van der Waals surface area contributed by atoms with E-state index in [1.54, 1.807) is 54.6 Å². The quantitative estimate of drug-likeness (QED) is 0.756. The Bertz CT molecular complexity index is 990. The molecule has 0 saturated carbocycles. The molecular formula is C17H9Cl2N3O. The molecule has 6 heteroatoms. The van der Waals surface area contributed by atoms with Crippen LogP contribution in [0.15, 0.2) is 53.3 Å². The molecule has 1 aromatic heterocycles. The molecule has 0 aliphatic carbocycles. The Labute approximate surface area is 142 Å². The van der Waals surface area contributed by atoms with Crippen molar-refractivity contribution in [3.05, 3.63) is 74.6 Å². The third kappa shape index (κ3) is 2.85. The molecule has 3 aromatic rings. The number of halogens is 2. The van der Waals surface area contributed by atoms with Gasteiger partial charge in [0.05, 0.1) is 16.4 Å². The zero-order chi connectivity index (χ0) is 16.4. The van der Waals surface area contributed by atoms with Gasteiger partial charge in [-0.3, -0.25) is 4.79 Å². The van der Waals surface area contributed by atoms with Gasteiger partial charge < -0.3 is 4.98 Å². The summed E-state index contributed by atoms with van der Waals surface area (Å²) in [7, 11) is 0. The first-order chi connectivity index (χ1) is 11.1. The monoisotopic (exact) mass is 341 g/mol. The van der Waals surface area contributed by atoms with Crippen molar-refractivity contribution < 1.29 is 0 Å². The van der Waals surface area contributed by atoms with Crippen LogP contribution in [0.5, 0.6) is 0 Å². The number of nitriles is 1. The van der Waals surface area contributed by atoms with Gasteiger partial charge in [-0.25, -0.2) is 4.98 Å². The van der Waals surface area contributed by atoms with Crippen LogP contribution in [0.25, 0.3) is 22.5 Å². The summed E-state index contributed by atoms with van der Waals surface area (Å²) in [5, 5.41) is 10.0. The summed E-state index contributed by atoms with van der Waals surface area (Å²) in [6, 6.07) is 15.9. The fraction of sp³-hybridized carbons (Fsp3) is 0. The highest BCUT2D eigenvalue weighted by Crippen LogP contribution is 2.35. The zero-order valence-corrected chi connectivity index (χ0v) is 13.2. The fourth-order valence-corrected chi connectivity index (χ4v) is 2.69. The van der Waals surface area contributed by atoms with Crippen LogP contribution in [-0.4, -0.2) is 9.97 Å². The van der Waals surface area contributed by atoms with E-state index < -0.39 is 5.56 Å². The maximum atomic E-state index is 12.0. The smallest absolute Gasteiger partial charge is 0.285 e. The number of nitrogens with one attached hydrogen (secondary N) is 1. The van der Waals surface area contributed by atoms with Crippen LogP contribution in [0.3, 0.4) is 0 Å². The Morgan fingerprint density at radius 1 is 0.957 bits per heavy atom. The van der Waals surface area contributed by atoms with Gasteiger partial charge in [-0.15, -0.1) is 0 Å². The normalized spacial score (nSPS) is 10.3. The van der Waals surface area contributed by atoms with Gasteiger partial charge in [0.15, 0.2) is 0 Å². The topological polar surface area (TPSA) is 69.5 Å². The fourth-order valence-electron chi connectivity index (χ4n) is 2.23. The Hall–Kier alpha value is -2.61. The van der Waals surface area contributed by atoms with Crippen molar-refractivity contribution >= 4 is 23.2 Å². The van der Waals surface area contributed by atoms with Crippen molar-refractivity contribution in [2.75, 3.05) is 0 Å². The molecule has 0 aliphatic heterocycles. The lowest BCUT2D eigenvalue weighted by atomic mass is 10.0. The van der Waals surface area contributed by atoms with Crippen molar-refractivity contribution in [3.63, 3.8) is 0 Å². The van der Waals surface area contributed by atoms with Gasteiger partial charge in [0.2, 0.25) is 5.69 Å². The average molecular weight is 342 g/mol. The molecule has 0 bridgehead atoms. The first kappa shape index (κ1) is 15.3. The van der Waals surface area contributed by atoms with Crippen molar-refractivity contribution in [1.82, 2.24) is 9.97 Å². The maximum absolute atomic E-state index is 12.0. The Kier molecular flexibility index (Phi) is 4.16. The minimum Gasteiger partial charge on any atom is -0.318 e. The van der Waals surface area contributed by atoms with Crippen molar-refractivity contribution in [1.29, 1.82) is 5.26 Å². The Morgan fingerprint density at radius 2 is 1.52 bits per heavy atom. The molecule has 0 amide bonds. The van der Waals surface area contributed by atoms with Crippen molar-refractivity contribution in [3.8, 4) is 28.6 Å². The van der Waals surface area contributed by atoms with Crippen LogP contribution in [0, 0.1) is 11.3 Å². The summed E-state index contributed by atoms with van der Waals surface area (Å²) in [4.78, 5) is 18.9. The van der Waals surface area contributed by atoms with Crippen LogP contribution < -0.4 is 5.56 Å². The van der Waals surface area contributed by atoms with E-state index >= 15 is 0 Å². The van der Waals surface area contributed by atoms with E-state index in [0.717, 1.165) is 0 Å². The molecule has 0 saturated heterocycles. The summed E-state index contributed by atoms with van der Waals surface area (Å²) in [6.07, 6.45) is 0. The molecule has 112 valence electrons. The molecule has 0 spiro atoms. The highest BCUT2D eigenvalue weighted by Gasteiger charge is 2.17. The first-order valence-corrected chi connectivity index (χ1v) is 7.41. The van der Waals surface area contributed by atoms with E-state index in [1.165, 1.54) is 0 Å². The van der Waals surface area contributed by atoms with E-state index in [0.29, 0.717) is 32.6 Å². The van der Waals surface area contributed by atoms with Crippen molar-refractivity contribution in [2.45, 2.75) is 0 Å². The number of aromatic nitrogens is 2. The molecule has 3 rings (SSSR count). The van der Waals surface area contributed by atoms with Gasteiger partial charge in [-0.05, 0) is 12.1 Å². The molecule has 1 heterocycles. The van der Waals surface area contributed by atoms with Gasteiger partial charge in [-0.1, -0.05) is 59.6 Å². The van der Waals surface area contributed by atoms with Crippen LogP contribution in [0.4, 0.5) is 0 Å². The van der Waals surface area contributed by atoms with Crippen LogP contribution in [-0.2, 0) is 0 Å². The number of H-pyrrole nitrogens is 1. The number of benzene rings is 2. The number of hydrogen-bond acceptors (Lipinski definition) is 3. The van der Waals surface area contributed by atoms with E-state index in [-0.39, 0.29) is 5.69 Å². The van der Waals surface area contributed by atoms with E-state index in [2.05, 4.69) is 9.97 Å². The second-order valence-corrected chi connectivity index (χ2v) is 5.52. The molecule has 1 N–H and O–H groups in total. The van der Waals surface area contributed by atoms with Crippen LogP contribution in [0.2, 0.25) is 10.0 Å². The molecule has 0 atom stereocenters. The number of nitrogens with zero attached hydrogens (tertiary/aromatic N) is 2. The second kappa shape index (κ2) is 6.25. The zero-order valence-electron chi connectivity index (χ0n) is 11.7. The van der Waals surface area contributed by atoms with Crippen LogP contribution >= 0.6 is 23.2 Å². The van der Waals surface area contributed by atoms with Crippen molar-refractivity contribution in [2.24, 2.45) is 0 Å². The molecule has 0 unspecified atom stereocenters. The third-order valence-electron chi connectivity index (χ3n) is 3.29. The molecule has 0 aliphatic rings. The Balaban J connectivity index is 2.39. The lowest BCUT2D eigenvalue weighted by molar-refractivity contribution is 1.11. The standard InChI is InChI=1S/C17H9Cl2N3O/c18-12-7-3-1-5-10(12)15-16(11-6-2-4-8-13(11)19)22-17(23)14(9-20)21-15/h1-8H,(H,22,23). The van der Waals surface area contributed by atoms with Gasteiger partial charge in [0.25, 0.3) is 5.56 Å². The van der Waals surface area contributed by atoms with Gasteiger partial charge >= 0.3 is 0 Å². The molecule has 2 aromatic carbocycles. The molecule has 4 nitrogen and oxygen atoms in total. The van der Waals surface area contributed by atoms with Gasteiger partial charge in [-0.2, -0.15) is 5.26 Å². The third-order valence-corrected chi connectivity index (χ3v) is 3.95. The van der Waals surface area contributed by atoms with E-state index in [4.69, 9.17) is 28.5 Å². The number of aromatic amines is 1. The summed E-state index contributed by atoms with van der Waals surface area (Å²) in [5.41, 5.74) is 1.25. The van der Waals surface area contributed by atoms with Gasteiger partial charge in [0.1, 0.15) is 6.07 Å². The number of hydrogen-bond donors (Lipinski definition) is 1. The molecular weight excluding hydrogens is 333 g/mol. The lowest BCUT2D eigenvalue weighted by Crippen LogP contribution is -2.15. The average Bonchev–Trinajstić information content (AvgIpc) is 2.56. The summed E-state index contributed by atoms with van der Waals surface area (Å²) < 4.78 is 0. The SMILES string of the molecule is N#Cc1nc(-c2ccccc2Cl)c(-c2ccccc2Cl)[nH]c1=O. The summed E-state index contributed by atoms with van der Waals surface area (Å²) in [6.45, 7) is 0. The molecule has 23 heavy (non-hydrogen) atoms. The summed E-state index contributed by atoms with van der Waals surface area (Å²) in [5.74, 6) is 0. The minimum absolute atomic E-state index is 0.226.